The first-order valence-corrected chi connectivity index (χ1v) is 12.8. The number of benzene rings is 2. The SMILES string of the molecule is CC(C)NC(=O)Cn1c(-c2ccc(F)c(Cl)c2)nc2ccc(N3CCCNC(C(C)C)C3)cc2c1=O. The van der Waals surface area contributed by atoms with Crippen LogP contribution in [0.15, 0.2) is 41.2 Å². The monoisotopic (exact) mass is 513 g/mol. The highest BCUT2D eigenvalue weighted by Gasteiger charge is 2.22. The van der Waals surface area contributed by atoms with Crippen molar-refractivity contribution < 1.29 is 9.18 Å². The van der Waals surface area contributed by atoms with Crippen LogP contribution in [0.5, 0.6) is 0 Å². The van der Waals surface area contributed by atoms with Crippen molar-refractivity contribution in [2.75, 3.05) is 24.5 Å². The van der Waals surface area contributed by atoms with Gasteiger partial charge in [0, 0.05) is 36.4 Å². The van der Waals surface area contributed by atoms with Crippen LogP contribution in [0.2, 0.25) is 5.02 Å². The zero-order valence-electron chi connectivity index (χ0n) is 21.1. The van der Waals surface area contributed by atoms with E-state index in [9.17, 15) is 14.0 Å². The van der Waals surface area contributed by atoms with Crippen molar-refractivity contribution in [1.29, 1.82) is 0 Å². The molecule has 0 aliphatic carbocycles. The minimum atomic E-state index is -0.566. The zero-order valence-corrected chi connectivity index (χ0v) is 21.9. The fraction of sp³-hybridized carbons (Fsp3) is 0.444. The van der Waals surface area contributed by atoms with Gasteiger partial charge in [-0.3, -0.25) is 14.2 Å². The number of aromatic nitrogens is 2. The molecule has 1 fully saturated rings. The fourth-order valence-electron chi connectivity index (χ4n) is 4.55. The highest BCUT2D eigenvalue weighted by molar-refractivity contribution is 6.31. The number of carbonyl (C=O) groups is 1. The van der Waals surface area contributed by atoms with Gasteiger partial charge in [-0.05, 0) is 69.1 Å². The van der Waals surface area contributed by atoms with Crippen molar-refractivity contribution >= 4 is 34.1 Å². The van der Waals surface area contributed by atoms with E-state index in [1.54, 1.807) is 0 Å². The van der Waals surface area contributed by atoms with Crippen molar-refractivity contribution in [2.24, 2.45) is 5.92 Å². The summed E-state index contributed by atoms with van der Waals surface area (Å²) < 4.78 is 15.2. The molecule has 0 radical (unpaired) electrons. The van der Waals surface area contributed by atoms with Crippen LogP contribution < -0.4 is 21.1 Å². The Morgan fingerprint density at radius 1 is 1.22 bits per heavy atom. The number of rotatable bonds is 6. The summed E-state index contributed by atoms with van der Waals surface area (Å²) >= 11 is 6.02. The van der Waals surface area contributed by atoms with Crippen LogP contribution in [-0.2, 0) is 11.3 Å². The number of carbonyl (C=O) groups excluding carboxylic acids is 1. The highest BCUT2D eigenvalue weighted by atomic mass is 35.5. The summed E-state index contributed by atoms with van der Waals surface area (Å²) in [5.41, 5.74) is 1.59. The first-order chi connectivity index (χ1) is 17.1. The lowest BCUT2D eigenvalue weighted by molar-refractivity contribution is -0.122. The van der Waals surface area contributed by atoms with E-state index < -0.39 is 5.82 Å². The number of nitrogens with one attached hydrogen (secondary N) is 2. The summed E-state index contributed by atoms with van der Waals surface area (Å²) in [5, 5.41) is 6.78. The molecule has 7 nitrogen and oxygen atoms in total. The molecule has 4 rings (SSSR count). The molecule has 2 heterocycles. The second-order valence-electron chi connectivity index (χ2n) is 9.98. The molecule has 2 aromatic carbocycles. The maximum atomic E-state index is 13.8. The van der Waals surface area contributed by atoms with Crippen LogP contribution in [0.25, 0.3) is 22.3 Å². The number of hydrogen-bond acceptors (Lipinski definition) is 5. The summed E-state index contributed by atoms with van der Waals surface area (Å²) in [6.07, 6.45) is 1.00. The number of halogens is 2. The van der Waals surface area contributed by atoms with Gasteiger partial charge in [-0.25, -0.2) is 9.37 Å². The topological polar surface area (TPSA) is 79.3 Å². The Hall–Kier alpha value is -2.97. The number of amides is 1. The van der Waals surface area contributed by atoms with Crippen LogP contribution in [0.1, 0.15) is 34.1 Å². The smallest absolute Gasteiger partial charge is 0.262 e. The van der Waals surface area contributed by atoms with E-state index in [1.165, 1.54) is 22.8 Å². The molecule has 1 aromatic heterocycles. The van der Waals surface area contributed by atoms with Crippen molar-refractivity contribution in [3.63, 3.8) is 0 Å². The predicted octanol–water partition coefficient (Wildman–Crippen LogP) is 4.20. The Morgan fingerprint density at radius 3 is 2.69 bits per heavy atom. The van der Waals surface area contributed by atoms with E-state index >= 15 is 0 Å². The van der Waals surface area contributed by atoms with E-state index in [4.69, 9.17) is 16.6 Å². The molecule has 0 saturated carbocycles. The zero-order chi connectivity index (χ0) is 26.0. The number of nitrogens with zero attached hydrogens (tertiary/aromatic N) is 3. The van der Waals surface area contributed by atoms with Crippen LogP contribution >= 0.6 is 11.6 Å². The molecule has 1 saturated heterocycles. The van der Waals surface area contributed by atoms with Gasteiger partial charge in [-0.15, -0.1) is 0 Å². The summed E-state index contributed by atoms with van der Waals surface area (Å²) in [5.74, 6) is -0.129. The molecule has 1 aliphatic heterocycles. The maximum Gasteiger partial charge on any atom is 0.262 e. The fourth-order valence-corrected chi connectivity index (χ4v) is 4.73. The van der Waals surface area contributed by atoms with Gasteiger partial charge in [0.05, 0.1) is 15.9 Å². The average Bonchev–Trinajstić information content (AvgIpc) is 3.08. The van der Waals surface area contributed by atoms with E-state index in [0.29, 0.717) is 28.4 Å². The lowest BCUT2D eigenvalue weighted by Crippen LogP contribution is -2.41. The van der Waals surface area contributed by atoms with E-state index in [2.05, 4.69) is 29.4 Å². The van der Waals surface area contributed by atoms with Crippen molar-refractivity contribution in [1.82, 2.24) is 20.2 Å². The third-order valence-corrected chi connectivity index (χ3v) is 6.75. The molecule has 1 atom stereocenters. The average molecular weight is 514 g/mol. The molecule has 0 bridgehead atoms. The molecule has 1 unspecified atom stereocenters. The molecule has 0 spiro atoms. The molecule has 36 heavy (non-hydrogen) atoms. The Bertz CT molecular complexity index is 1320. The van der Waals surface area contributed by atoms with Crippen LogP contribution in [0.3, 0.4) is 0 Å². The lowest BCUT2D eigenvalue weighted by Gasteiger charge is -2.28. The minimum absolute atomic E-state index is 0.0788. The third-order valence-electron chi connectivity index (χ3n) is 6.47. The molecular formula is C27H33ClFN5O2. The second kappa shape index (κ2) is 11.0. The normalized spacial score (nSPS) is 16.6. The van der Waals surface area contributed by atoms with E-state index in [-0.39, 0.29) is 34.9 Å². The van der Waals surface area contributed by atoms with Gasteiger partial charge in [0.2, 0.25) is 5.91 Å². The van der Waals surface area contributed by atoms with Crippen LogP contribution in [0, 0.1) is 11.7 Å². The molecule has 1 aliphatic rings. The molecule has 192 valence electrons. The minimum Gasteiger partial charge on any atom is -0.370 e. The molecular weight excluding hydrogens is 481 g/mol. The Kier molecular flexibility index (Phi) is 7.95. The standard InChI is InChI=1S/C27H33ClFN5O2/c1-16(2)24-14-33(11-5-10-30-24)19-7-9-23-20(13-19)27(36)34(15-25(35)31-17(3)4)26(32-23)18-6-8-22(29)21(28)12-18/h6-9,12-13,16-17,24,30H,5,10-11,14-15H2,1-4H3,(H,31,35). The maximum absolute atomic E-state index is 13.8. The van der Waals surface area contributed by atoms with Gasteiger partial charge in [0.25, 0.3) is 5.56 Å². The second-order valence-corrected chi connectivity index (χ2v) is 10.4. The van der Waals surface area contributed by atoms with Gasteiger partial charge in [-0.1, -0.05) is 25.4 Å². The number of fused-ring (bicyclic) bond motifs is 1. The van der Waals surface area contributed by atoms with Gasteiger partial charge >= 0.3 is 0 Å². The number of hydrogen-bond donors (Lipinski definition) is 2. The Labute approximate surface area is 215 Å². The molecule has 3 aromatic rings. The van der Waals surface area contributed by atoms with Gasteiger partial charge < -0.3 is 15.5 Å². The van der Waals surface area contributed by atoms with Crippen molar-refractivity contribution in [2.45, 2.75) is 52.7 Å². The summed E-state index contributed by atoms with van der Waals surface area (Å²) in [4.78, 5) is 33.5. The Balaban J connectivity index is 1.83. The van der Waals surface area contributed by atoms with Gasteiger partial charge in [0.15, 0.2) is 0 Å². The number of anilines is 1. The summed E-state index contributed by atoms with van der Waals surface area (Å²) in [6, 6.07) is 10.1. The highest BCUT2D eigenvalue weighted by Crippen LogP contribution is 2.27. The van der Waals surface area contributed by atoms with Gasteiger partial charge in [-0.2, -0.15) is 0 Å². The molecule has 2 N–H and O–H groups in total. The predicted molar refractivity (Wildman–Crippen MR) is 143 cm³/mol. The van der Waals surface area contributed by atoms with Crippen LogP contribution in [-0.4, -0.2) is 47.2 Å². The molecule has 9 heteroatoms. The lowest BCUT2D eigenvalue weighted by atomic mass is 10.0. The quantitative estimate of drug-likeness (QED) is 0.516. The van der Waals surface area contributed by atoms with E-state index in [1.807, 2.05) is 32.0 Å². The molecule has 1 amide bonds. The van der Waals surface area contributed by atoms with Crippen molar-refractivity contribution in [3.05, 3.63) is 57.6 Å². The summed E-state index contributed by atoms with van der Waals surface area (Å²) in [7, 11) is 0. The summed E-state index contributed by atoms with van der Waals surface area (Å²) in [6.45, 7) is 10.6. The Morgan fingerprint density at radius 2 is 2.00 bits per heavy atom. The first-order valence-electron chi connectivity index (χ1n) is 12.4. The van der Waals surface area contributed by atoms with E-state index in [0.717, 1.165) is 31.7 Å². The first kappa shape index (κ1) is 26.1. The third kappa shape index (κ3) is 5.71. The largest absolute Gasteiger partial charge is 0.370 e. The van der Waals surface area contributed by atoms with Gasteiger partial charge in [0.1, 0.15) is 18.2 Å². The van der Waals surface area contributed by atoms with Crippen LogP contribution in [0.4, 0.5) is 10.1 Å². The van der Waals surface area contributed by atoms with Crippen molar-refractivity contribution in [3.8, 4) is 11.4 Å².